The highest BCUT2D eigenvalue weighted by molar-refractivity contribution is 5.87. The van der Waals surface area contributed by atoms with Gasteiger partial charge in [0.1, 0.15) is 6.04 Å². The Balaban J connectivity index is 2.13. The van der Waals surface area contributed by atoms with Crippen LogP contribution in [0.15, 0.2) is 0 Å². The summed E-state index contributed by atoms with van der Waals surface area (Å²) in [4.78, 5) is 22.9. The molecule has 0 aromatic heterocycles. The lowest BCUT2D eigenvalue weighted by Crippen LogP contribution is -2.45. The van der Waals surface area contributed by atoms with Crippen molar-refractivity contribution in [2.45, 2.75) is 51.1 Å². The summed E-state index contributed by atoms with van der Waals surface area (Å²) < 4.78 is 0. The van der Waals surface area contributed by atoms with Crippen LogP contribution in [-0.2, 0) is 9.59 Å². The molecule has 92 valence electrons. The predicted molar refractivity (Wildman–Crippen MR) is 61.7 cm³/mol. The van der Waals surface area contributed by atoms with Crippen LogP contribution in [0.2, 0.25) is 0 Å². The van der Waals surface area contributed by atoms with Crippen LogP contribution < -0.4 is 16.4 Å². The highest BCUT2D eigenvalue weighted by Gasteiger charge is 2.25. The van der Waals surface area contributed by atoms with E-state index in [0.717, 1.165) is 25.7 Å². The highest BCUT2D eigenvalue weighted by atomic mass is 16.2. The van der Waals surface area contributed by atoms with E-state index in [2.05, 4.69) is 10.6 Å². The van der Waals surface area contributed by atoms with Gasteiger partial charge in [-0.1, -0.05) is 0 Å². The minimum absolute atomic E-state index is 0.0769. The van der Waals surface area contributed by atoms with E-state index in [9.17, 15) is 9.59 Å². The summed E-state index contributed by atoms with van der Waals surface area (Å²) in [5.41, 5.74) is 5.33. The van der Waals surface area contributed by atoms with Crippen LogP contribution in [-0.4, -0.2) is 30.4 Å². The minimum Gasteiger partial charge on any atom is -0.352 e. The first-order chi connectivity index (χ1) is 7.63. The van der Waals surface area contributed by atoms with Gasteiger partial charge in [0.25, 0.3) is 0 Å². The second-order valence-electron chi connectivity index (χ2n) is 4.32. The van der Waals surface area contributed by atoms with Crippen LogP contribution in [0.25, 0.3) is 0 Å². The zero-order valence-electron chi connectivity index (χ0n) is 9.79. The maximum absolute atomic E-state index is 11.5. The van der Waals surface area contributed by atoms with Gasteiger partial charge < -0.3 is 16.4 Å². The van der Waals surface area contributed by atoms with E-state index < -0.39 is 6.04 Å². The molecule has 1 aliphatic rings. The molecule has 5 heteroatoms. The number of nitrogens with one attached hydrogen (secondary N) is 2. The van der Waals surface area contributed by atoms with E-state index >= 15 is 0 Å². The smallest absolute Gasteiger partial charge is 0.242 e. The first-order valence-corrected chi connectivity index (χ1v) is 5.93. The van der Waals surface area contributed by atoms with Crippen LogP contribution in [0, 0.1) is 0 Å². The summed E-state index contributed by atoms with van der Waals surface area (Å²) in [5.74, 6) is -0.165. The number of nitrogens with two attached hydrogens (primary N) is 1. The number of unbranched alkanes of at least 4 members (excludes halogenated alkanes) is 1. The topological polar surface area (TPSA) is 84.2 Å². The van der Waals surface area contributed by atoms with Crippen molar-refractivity contribution in [2.24, 2.45) is 5.73 Å². The maximum atomic E-state index is 11.5. The fraction of sp³-hybridized carbons (Fsp3) is 0.818. The molecule has 1 saturated carbocycles. The van der Waals surface area contributed by atoms with Crippen molar-refractivity contribution in [3.63, 3.8) is 0 Å². The molecule has 0 spiro atoms. The molecule has 0 aromatic rings. The van der Waals surface area contributed by atoms with Crippen molar-refractivity contribution in [3.05, 3.63) is 0 Å². The van der Waals surface area contributed by atoms with Gasteiger partial charge in [-0.3, -0.25) is 9.59 Å². The van der Waals surface area contributed by atoms with Gasteiger partial charge in [0.05, 0.1) is 0 Å². The molecule has 1 aliphatic carbocycles. The summed E-state index contributed by atoms with van der Waals surface area (Å²) in [7, 11) is 0. The molecule has 2 amide bonds. The molecule has 1 unspecified atom stereocenters. The number of hydrogen-bond donors (Lipinski definition) is 3. The Labute approximate surface area is 96.1 Å². The minimum atomic E-state index is -0.439. The first kappa shape index (κ1) is 13.0. The second kappa shape index (κ2) is 6.48. The molecule has 0 aromatic carbocycles. The summed E-state index contributed by atoms with van der Waals surface area (Å²) >= 11 is 0. The zero-order valence-corrected chi connectivity index (χ0v) is 9.79. The zero-order chi connectivity index (χ0) is 12.0. The Kier molecular flexibility index (Phi) is 5.25. The van der Waals surface area contributed by atoms with Crippen molar-refractivity contribution in [3.8, 4) is 0 Å². The largest absolute Gasteiger partial charge is 0.352 e. The molecule has 1 atom stereocenters. The molecule has 4 N–H and O–H groups in total. The molecule has 0 aliphatic heterocycles. The quantitative estimate of drug-likeness (QED) is 0.531. The van der Waals surface area contributed by atoms with E-state index in [4.69, 9.17) is 5.73 Å². The van der Waals surface area contributed by atoms with Gasteiger partial charge in [0.15, 0.2) is 0 Å². The molecule has 1 fully saturated rings. The fourth-order valence-corrected chi connectivity index (χ4v) is 1.36. The van der Waals surface area contributed by atoms with Gasteiger partial charge >= 0.3 is 0 Å². The van der Waals surface area contributed by atoms with Gasteiger partial charge in [-0.15, -0.1) is 0 Å². The fourth-order valence-electron chi connectivity index (χ4n) is 1.36. The van der Waals surface area contributed by atoms with Gasteiger partial charge in [-0.25, -0.2) is 0 Å². The van der Waals surface area contributed by atoms with Crippen molar-refractivity contribution in [1.82, 2.24) is 10.6 Å². The van der Waals surface area contributed by atoms with Crippen molar-refractivity contribution < 1.29 is 9.59 Å². The number of amides is 2. The lowest BCUT2D eigenvalue weighted by atomic mass is 10.2. The Morgan fingerprint density at radius 3 is 2.62 bits per heavy atom. The average molecular weight is 227 g/mol. The van der Waals surface area contributed by atoms with E-state index in [0.29, 0.717) is 19.0 Å². The predicted octanol–water partition coefficient (Wildman–Crippen LogP) is -0.101. The van der Waals surface area contributed by atoms with Crippen LogP contribution in [0.1, 0.15) is 39.0 Å². The third kappa shape index (κ3) is 5.11. The number of rotatable bonds is 7. The van der Waals surface area contributed by atoms with E-state index in [-0.39, 0.29) is 11.8 Å². The van der Waals surface area contributed by atoms with Crippen LogP contribution in [0.3, 0.4) is 0 Å². The average Bonchev–Trinajstić information content (AvgIpc) is 3.02. The molecule has 0 heterocycles. The van der Waals surface area contributed by atoms with Crippen molar-refractivity contribution in [2.75, 3.05) is 6.54 Å². The normalized spacial score (nSPS) is 16.6. The molecule has 5 nitrogen and oxygen atoms in total. The van der Waals surface area contributed by atoms with Gasteiger partial charge in [0.2, 0.25) is 11.8 Å². The lowest BCUT2D eigenvalue weighted by Gasteiger charge is -2.13. The summed E-state index contributed by atoms with van der Waals surface area (Å²) in [6.07, 6.45) is 4.18. The summed E-state index contributed by atoms with van der Waals surface area (Å²) in [6, 6.07) is -0.102. The third-order valence-electron chi connectivity index (χ3n) is 2.55. The SMILES string of the molecule is CC(NC(=O)CCCCN)C(=O)NC1CC1. The summed E-state index contributed by atoms with van der Waals surface area (Å²) in [5, 5.41) is 5.53. The Bertz CT molecular complexity index is 252. The molecule has 16 heavy (non-hydrogen) atoms. The monoisotopic (exact) mass is 227 g/mol. The van der Waals surface area contributed by atoms with Gasteiger partial charge in [0, 0.05) is 12.5 Å². The number of hydrogen-bond acceptors (Lipinski definition) is 3. The first-order valence-electron chi connectivity index (χ1n) is 5.93. The molecule has 1 rings (SSSR count). The Morgan fingerprint density at radius 2 is 2.06 bits per heavy atom. The van der Waals surface area contributed by atoms with Gasteiger partial charge in [-0.2, -0.15) is 0 Å². The lowest BCUT2D eigenvalue weighted by molar-refractivity contribution is -0.128. The molecule has 0 radical (unpaired) electrons. The highest BCUT2D eigenvalue weighted by Crippen LogP contribution is 2.18. The number of carbonyl (C=O) groups is 2. The third-order valence-corrected chi connectivity index (χ3v) is 2.55. The Morgan fingerprint density at radius 1 is 1.38 bits per heavy atom. The Hall–Kier alpha value is -1.10. The summed E-state index contributed by atoms with van der Waals surface area (Å²) in [6.45, 7) is 2.31. The van der Waals surface area contributed by atoms with E-state index in [1.165, 1.54) is 0 Å². The molecular formula is C11H21N3O2. The molecule has 0 bridgehead atoms. The van der Waals surface area contributed by atoms with Crippen LogP contribution >= 0.6 is 0 Å². The van der Waals surface area contributed by atoms with Crippen molar-refractivity contribution in [1.29, 1.82) is 0 Å². The van der Waals surface area contributed by atoms with E-state index in [1.807, 2.05) is 0 Å². The second-order valence-corrected chi connectivity index (χ2v) is 4.32. The molecular weight excluding hydrogens is 206 g/mol. The van der Waals surface area contributed by atoms with Crippen LogP contribution in [0.5, 0.6) is 0 Å². The van der Waals surface area contributed by atoms with Crippen LogP contribution in [0.4, 0.5) is 0 Å². The van der Waals surface area contributed by atoms with Gasteiger partial charge in [-0.05, 0) is 39.2 Å². The van der Waals surface area contributed by atoms with E-state index in [1.54, 1.807) is 6.92 Å². The number of carbonyl (C=O) groups excluding carboxylic acids is 2. The maximum Gasteiger partial charge on any atom is 0.242 e. The standard InChI is InChI=1S/C11H21N3O2/c1-8(11(16)14-9-5-6-9)13-10(15)4-2-3-7-12/h8-9H,2-7,12H2,1H3,(H,13,15)(H,14,16). The molecule has 0 saturated heterocycles. The van der Waals surface area contributed by atoms with Crippen molar-refractivity contribution >= 4 is 11.8 Å².